The zero-order valence-electron chi connectivity index (χ0n) is 7.71. The molecule has 0 aliphatic carbocycles. The summed E-state index contributed by atoms with van der Waals surface area (Å²) < 4.78 is 0.797. The number of nitrogens with zero attached hydrogens (tertiary/aromatic N) is 1. The largest absolute Gasteiger partial charge is 0.299 e. The first kappa shape index (κ1) is 10.7. The second-order valence-electron chi connectivity index (χ2n) is 3.08. The van der Waals surface area contributed by atoms with E-state index in [9.17, 15) is 4.79 Å². The van der Waals surface area contributed by atoms with Gasteiger partial charge < -0.3 is 0 Å². The number of ketones is 1. The smallest absolute Gasteiger partial charge is 0.143 e. The van der Waals surface area contributed by atoms with Gasteiger partial charge in [-0.05, 0) is 26.1 Å². The van der Waals surface area contributed by atoms with E-state index in [-0.39, 0.29) is 5.78 Å². The molecule has 72 valence electrons. The third-order valence-corrected chi connectivity index (χ3v) is 2.76. The minimum atomic E-state index is 0.185. The summed E-state index contributed by atoms with van der Waals surface area (Å²) in [4.78, 5) is 14.0. The van der Waals surface area contributed by atoms with Gasteiger partial charge in [0.25, 0.3) is 0 Å². The number of carbonyl (C=O) groups is 1. The SMILES string of the molecule is CC(=O)CN(C)Cc1ccc(Cl)s1. The lowest BCUT2D eigenvalue weighted by atomic mass is 10.4. The highest BCUT2D eigenvalue weighted by molar-refractivity contribution is 7.16. The summed E-state index contributed by atoms with van der Waals surface area (Å²) >= 11 is 7.34. The monoisotopic (exact) mass is 217 g/mol. The van der Waals surface area contributed by atoms with Crippen LogP contribution in [0.3, 0.4) is 0 Å². The van der Waals surface area contributed by atoms with Crippen molar-refractivity contribution in [2.75, 3.05) is 13.6 Å². The standard InChI is InChI=1S/C9H12ClNOS/c1-7(12)5-11(2)6-8-3-4-9(10)13-8/h3-4H,5-6H2,1-2H3. The highest BCUT2D eigenvalue weighted by atomic mass is 35.5. The van der Waals surface area contributed by atoms with Crippen molar-refractivity contribution in [3.63, 3.8) is 0 Å². The zero-order valence-corrected chi connectivity index (χ0v) is 9.28. The lowest BCUT2D eigenvalue weighted by molar-refractivity contribution is -0.117. The lowest BCUT2D eigenvalue weighted by Crippen LogP contribution is -2.23. The van der Waals surface area contributed by atoms with Gasteiger partial charge in [-0.3, -0.25) is 9.69 Å². The fourth-order valence-corrected chi connectivity index (χ4v) is 2.31. The maximum Gasteiger partial charge on any atom is 0.143 e. The van der Waals surface area contributed by atoms with Crippen molar-refractivity contribution in [3.05, 3.63) is 21.3 Å². The Morgan fingerprint density at radius 1 is 1.62 bits per heavy atom. The molecule has 13 heavy (non-hydrogen) atoms. The van der Waals surface area contributed by atoms with Crippen molar-refractivity contribution in [3.8, 4) is 0 Å². The van der Waals surface area contributed by atoms with Crippen LogP contribution in [0, 0.1) is 0 Å². The van der Waals surface area contributed by atoms with Crippen LogP contribution in [0.2, 0.25) is 4.34 Å². The molecule has 1 aromatic rings. The maximum absolute atomic E-state index is 10.8. The molecule has 0 fully saturated rings. The normalized spacial score (nSPS) is 10.8. The topological polar surface area (TPSA) is 20.3 Å². The molecule has 1 heterocycles. The van der Waals surface area contributed by atoms with Gasteiger partial charge in [-0.2, -0.15) is 0 Å². The van der Waals surface area contributed by atoms with E-state index in [0.29, 0.717) is 6.54 Å². The van der Waals surface area contributed by atoms with Crippen LogP contribution in [0.4, 0.5) is 0 Å². The molecule has 0 amide bonds. The Morgan fingerprint density at radius 2 is 2.31 bits per heavy atom. The Labute approximate surface area is 87.1 Å². The number of hydrogen-bond acceptors (Lipinski definition) is 3. The first-order valence-corrected chi connectivity index (χ1v) is 5.19. The Kier molecular flexibility index (Phi) is 3.90. The van der Waals surface area contributed by atoms with Crippen LogP contribution in [0.15, 0.2) is 12.1 Å². The summed E-state index contributed by atoms with van der Waals surface area (Å²) in [5, 5.41) is 0. The highest BCUT2D eigenvalue weighted by Crippen LogP contribution is 2.22. The zero-order chi connectivity index (χ0) is 9.84. The summed E-state index contributed by atoms with van der Waals surface area (Å²) in [5.41, 5.74) is 0. The van der Waals surface area contributed by atoms with Gasteiger partial charge in [0.1, 0.15) is 5.78 Å². The quantitative estimate of drug-likeness (QED) is 0.772. The molecule has 0 atom stereocenters. The van der Waals surface area contributed by atoms with Gasteiger partial charge in [-0.25, -0.2) is 0 Å². The highest BCUT2D eigenvalue weighted by Gasteiger charge is 2.04. The number of Topliss-reactive ketones (excluding diaryl/α,β-unsaturated/α-hetero) is 1. The third kappa shape index (κ3) is 3.89. The van der Waals surface area contributed by atoms with E-state index in [0.717, 1.165) is 10.9 Å². The number of halogens is 1. The predicted octanol–water partition coefficient (Wildman–Crippen LogP) is 2.42. The fourth-order valence-electron chi connectivity index (χ4n) is 1.14. The van der Waals surface area contributed by atoms with Crippen LogP contribution >= 0.6 is 22.9 Å². The van der Waals surface area contributed by atoms with E-state index < -0.39 is 0 Å². The molecule has 1 rings (SSSR count). The van der Waals surface area contributed by atoms with Crippen molar-refractivity contribution in [2.24, 2.45) is 0 Å². The van der Waals surface area contributed by atoms with Gasteiger partial charge in [-0.1, -0.05) is 11.6 Å². The molecule has 0 N–H and O–H groups in total. The predicted molar refractivity (Wildman–Crippen MR) is 56.3 cm³/mol. The van der Waals surface area contributed by atoms with E-state index in [1.165, 1.54) is 4.88 Å². The Morgan fingerprint density at radius 3 is 2.77 bits per heavy atom. The van der Waals surface area contributed by atoms with Crippen LogP contribution in [0.25, 0.3) is 0 Å². The van der Waals surface area contributed by atoms with Gasteiger partial charge in [0.15, 0.2) is 0 Å². The Bertz CT molecular complexity index is 298. The second-order valence-corrected chi connectivity index (χ2v) is 4.88. The summed E-state index contributed by atoms with van der Waals surface area (Å²) in [5.74, 6) is 0.185. The minimum absolute atomic E-state index is 0.185. The second kappa shape index (κ2) is 4.74. The molecule has 0 aromatic carbocycles. The maximum atomic E-state index is 10.8. The summed E-state index contributed by atoms with van der Waals surface area (Å²) in [6, 6.07) is 3.87. The van der Waals surface area contributed by atoms with Crippen LogP contribution in [0.1, 0.15) is 11.8 Å². The van der Waals surface area contributed by atoms with Crippen molar-refractivity contribution >= 4 is 28.7 Å². The number of hydrogen-bond donors (Lipinski definition) is 0. The van der Waals surface area contributed by atoms with E-state index >= 15 is 0 Å². The minimum Gasteiger partial charge on any atom is -0.299 e. The van der Waals surface area contributed by atoms with Gasteiger partial charge in [-0.15, -0.1) is 11.3 Å². The van der Waals surface area contributed by atoms with Crippen molar-refractivity contribution in [2.45, 2.75) is 13.5 Å². The molecule has 0 aliphatic rings. The molecule has 0 saturated carbocycles. The summed E-state index contributed by atoms with van der Waals surface area (Å²) in [7, 11) is 1.93. The van der Waals surface area contributed by atoms with Crippen LogP contribution in [-0.4, -0.2) is 24.3 Å². The van der Waals surface area contributed by atoms with Crippen molar-refractivity contribution in [1.82, 2.24) is 4.90 Å². The molecule has 1 aromatic heterocycles. The number of carbonyl (C=O) groups excluding carboxylic acids is 1. The number of rotatable bonds is 4. The summed E-state index contributed by atoms with van der Waals surface area (Å²) in [6.45, 7) is 2.88. The molecule has 0 aliphatic heterocycles. The van der Waals surface area contributed by atoms with Gasteiger partial charge in [0.2, 0.25) is 0 Å². The van der Waals surface area contributed by atoms with Gasteiger partial charge >= 0.3 is 0 Å². The molecule has 0 saturated heterocycles. The number of likely N-dealkylation sites (N-methyl/N-ethyl adjacent to an activating group) is 1. The van der Waals surface area contributed by atoms with E-state index in [1.807, 2.05) is 24.1 Å². The first-order chi connectivity index (χ1) is 6.08. The molecule has 2 nitrogen and oxygen atoms in total. The van der Waals surface area contributed by atoms with E-state index in [4.69, 9.17) is 11.6 Å². The lowest BCUT2D eigenvalue weighted by Gasteiger charge is -2.12. The third-order valence-electron chi connectivity index (χ3n) is 1.55. The van der Waals surface area contributed by atoms with Crippen molar-refractivity contribution in [1.29, 1.82) is 0 Å². The molecular formula is C9H12ClNOS. The summed E-state index contributed by atoms with van der Waals surface area (Å²) in [6.07, 6.45) is 0. The first-order valence-electron chi connectivity index (χ1n) is 4.00. The van der Waals surface area contributed by atoms with Crippen LogP contribution in [-0.2, 0) is 11.3 Å². The fraction of sp³-hybridized carbons (Fsp3) is 0.444. The average Bonchev–Trinajstić information content (AvgIpc) is 2.33. The van der Waals surface area contributed by atoms with Gasteiger partial charge in [0.05, 0.1) is 10.9 Å². The molecule has 0 spiro atoms. The van der Waals surface area contributed by atoms with Crippen molar-refractivity contribution < 1.29 is 4.79 Å². The van der Waals surface area contributed by atoms with Crippen LogP contribution in [0.5, 0.6) is 0 Å². The average molecular weight is 218 g/mol. The number of thiophene rings is 1. The molecule has 0 unspecified atom stereocenters. The molecule has 0 radical (unpaired) electrons. The molecule has 4 heteroatoms. The Balaban J connectivity index is 2.44. The van der Waals surface area contributed by atoms with E-state index in [1.54, 1.807) is 18.3 Å². The molecule has 0 bridgehead atoms. The Hall–Kier alpha value is -0.380. The van der Waals surface area contributed by atoms with Crippen LogP contribution < -0.4 is 0 Å². The molecular weight excluding hydrogens is 206 g/mol. The van der Waals surface area contributed by atoms with Gasteiger partial charge in [0, 0.05) is 11.4 Å². The van der Waals surface area contributed by atoms with E-state index in [2.05, 4.69) is 0 Å².